The van der Waals surface area contributed by atoms with Crippen molar-refractivity contribution in [1.29, 1.82) is 0 Å². The molecule has 0 bridgehead atoms. The molecule has 1 unspecified atom stereocenters. The third kappa shape index (κ3) is 3.25. The second kappa shape index (κ2) is 4.80. The molecule has 1 saturated heterocycles. The zero-order valence-electron chi connectivity index (χ0n) is 10.2. The average molecular weight is 240 g/mol. The molecule has 0 aromatic carbocycles. The maximum absolute atomic E-state index is 5.05. The summed E-state index contributed by atoms with van der Waals surface area (Å²) in [5.41, 5.74) is 1.46. The number of aryl methyl sites for hydroxylation is 1. The van der Waals surface area contributed by atoms with Crippen LogP contribution in [0.4, 0.5) is 0 Å². The van der Waals surface area contributed by atoms with Gasteiger partial charge in [-0.15, -0.1) is 0 Å². The van der Waals surface area contributed by atoms with Gasteiger partial charge in [0.15, 0.2) is 0 Å². The number of hydrogen-bond donors (Lipinski definition) is 1. The maximum Gasteiger partial charge on any atom is 0.133 e. The van der Waals surface area contributed by atoms with E-state index in [9.17, 15) is 0 Å². The molecular weight excluding hydrogens is 220 g/mol. The van der Waals surface area contributed by atoms with Crippen LogP contribution in [0.5, 0.6) is 0 Å². The van der Waals surface area contributed by atoms with Gasteiger partial charge in [0.05, 0.1) is 5.69 Å². The summed E-state index contributed by atoms with van der Waals surface area (Å²) in [5.74, 6) is 3.37. The molecule has 2 heterocycles. The van der Waals surface area contributed by atoms with Crippen LogP contribution in [-0.2, 0) is 6.54 Å². The summed E-state index contributed by atoms with van der Waals surface area (Å²) >= 11 is 2.04. The number of thioether (sulfide) groups is 1. The third-order valence-electron chi connectivity index (χ3n) is 2.86. The number of hydrogen-bond acceptors (Lipinski definition) is 4. The van der Waals surface area contributed by atoms with Gasteiger partial charge in [0.2, 0.25) is 0 Å². The fourth-order valence-corrected chi connectivity index (χ4v) is 3.45. The first kappa shape index (κ1) is 12.0. The molecule has 3 nitrogen and oxygen atoms in total. The van der Waals surface area contributed by atoms with Crippen LogP contribution in [0.1, 0.15) is 31.7 Å². The van der Waals surface area contributed by atoms with E-state index in [-0.39, 0.29) is 0 Å². The molecule has 90 valence electrons. The Hall–Kier alpha value is -0.480. The van der Waals surface area contributed by atoms with Crippen LogP contribution in [0.15, 0.2) is 10.6 Å². The van der Waals surface area contributed by atoms with Crippen LogP contribution < -0.4 is 5.32 Å². The molecule has 0 aliphatic carbocycles. The van der Waals surface area contributed by atoms with E-state index in [1.807, 2.05) is 24.8 Å². The van der Waals surface area contributed by atoms with Crippen LogP contribution in [0.2, 0.25) is 0 Å². The van der Waals surface area contributed by atoms with Crippen molar-refractivity contribution in [3.63, 3.8) is 0 Å². The average Bonchev–Trinajstić information content (AvgIpc) is 2.60. The fourth-order valence-electron chi connectivity index (χ4n) is 2.14. The summed E-state index contributed by atoms with van der Waals surface area (Å²) in [6.07, 6.45) is 1.25. The lowest BCUT2D eigenvalue weighted by molar-refractivity contribution is 0.314. The van der Waals surface area contributed by atoms with Crippen molar-refractivity contribution in [2.45, 2.75) is 39.8 Å². The van der Waals surface area contributed by atoms with E-state index in [2.05, 4.69) is 24.3 Å². The summed E-state index contributed by atoms with van der Waals surface area (Å²) in [4.78, 5) is 0. The quantitative estimate of drug-likeness (QED) is 0.881. The van der Waals surface area contributed by atoms with Gasteiger partial charge in [0, 0.05) is 24.4 Å². The zero-order valence-corrected chi connectivity index (χ0v) is 11.1. The Labute approximate surface area is 101 Å². The van der Waals surface area contributed by atoms with Gasteiger partial charge in [-0.2, -0.15) is 11.8 Å². The molecule has 16 heavy (non-hydrogen) atoms. The summed E-state index contributed by atoms with van der Waals surface area (Å²) in [6, 6.07) is 2.60. The third-order valence-corrected chi connectivity index (χ3v) is 4.48. The molecule has 1 aliphatic heterocycles. The van der Waals surface area contributed by atoms with Crippen molar-refractivity contribution >= 4 is 11.8 Å². The van der Waals surface area contributed by atoms with Gasteiger partial charge in [0.1, 0.15) is 5.76 Å². The van der Waals surface area contributed by atoms with E-state index in [1.54, 1.807) is 0 Å². The van der Waals surface area contributed by atoms with E-state index in [0.717, 1.165) is 18.0 Å². The summed E-state index contributed by atoms with van der Waals surface area (Å²) in [6.45, 7) is 7.43. The van der Waals surface area contributed by atoms with E-state index in [0.29, 0.717) is 11.5 Å². The van der Waals surface area contributed by atoms with Crippen LogP contribution >= 0.6 is 11.8 Å². The Balaban J connectivity index is 1.82. The Morgan fingerprint density at radius 3 is 3.06 bits per heavy atom. The minimum absolute atomic E-state index is 0.459. The van der Waals surface area contributed by atoms with Crippen molar-refractivity contribution in [2.75, 3.05) is 11.5 Å². The lowest BCUT2D eigenvalue weighted by Crippen LogP contribution is -2.40. The first-order chi connectivity index (χ1) is 7.55. The van der Waals surface area contributed by atoms with E-state index >= 15 is 0 Å². The fraction of sp³-hybridized carbons (Fsp3) is 0.750. The van der Waals surface area contributed by atoms with Crippen LogP contribution in [0.3, 0.4) is 0 Å². The molecule has 0 radical (unpaired) electrons. The number of nitrogens with one attached hydrogen (secondary N) is 1. The molecule has 1 aromatic heterocycles. The van der Waals surface area contributed by atoms with Crippen LogP contribution in [-0.4, -0.2) is 22.7 Å². The van der Waals surface area contributed by atoms with Crippen molar-refractivity contribution in [3.8, 4) is 0 Å². The number of nitrogens with zero attached hydrogens (tertiary/aromatic N) is 1. The van der Waals surface area contributed by atoms with E-state index < -0.39 is 0 Å². The van der Waals surface area contributed by atoms with Gasteiger partial charge in [-0.05, 0) is 24.5 Å². The minimum Gasteiger partial charge on any atom is -0.361 e. The Bertz CT molecular complexity index is 349. The van der Waals surface area contributed by atoms with Gasteiger partial charge in [-0.1, -0.05) is 19.0 Å². The molecular formula is C12H20N2OS. The molecule has 1 aromatic rings. The van der Waals surface area contributed by atoms with E-state index in [4.69, 9.17) is 4.52 Å². The molecule has 0 amide bonds. The van der Waals surface area contributed by atoms with Gasteiger partial charge < -0.3 is 9.84 Å². The zero-order chi connectivity index (χ0) is 11.6. The van der Waals surface area contributed by atoms with Gasteiger partial charge in [0.25, 0.3) is 0 Å². The SMILES string of the molecule is Cc1cc(CNC2CSCC(C)(C)C2)no1. The molecule has 1 aliphatic rings. The van der Waals surface area contributed by atoms with Crippen molar-refractivity contribution in [2.24, 2.45) is 5.41 Å². The molecule has 2 rings (SSSR count). The van der Waals surface area contributed by atoms with Crippen molar-refractivity contribution in [1.82, 2.24) is 10.5 Å². The molecule has 1 atom stereocenters. The first-order valence-corrected chi connectivity index (χ1v) is 6.94. The number of rotatable bonds is 3. The molecule has 1 N–H and O–H groups in total. The molecule has 0 saturated carbocycles. The topological polar surface area (TPSA) is 38.1 Å². The Morgan fingerprint density at radius 1 is 1.62 bits per heavy atom. The highest BCUT2D eigenvalue weighted by Crippen LogP contribution is 2.33. The second-order valence-corrected chi connectivity index (χ2v) is 6.42. The van der Waals surface area contributed by atoms with Crippen LogP contribution in [0.25, 0.3) is 0 Å². The number of aromatic nitrogens is 1. The minimum atomic E-state index is 0.459. The first-order valence-electron chi connectivity index (χ1n) is 5.78. The Morgan fingerprint density at radius 2 is 2.44 bits per heavy atom. The highest BCUT2D eigenvalue weighted by molar-refractivity contribution is 7.99. The molecule has 4 heteroatoms. The second-order valence-electron chi connectivity index (χ2n) is 5.39. The predicted molar refractivity (Wildman–Crippen MR) is 67.6 cm³/mol. The maximum atomic E-state index is 5.05. The standard InChI is InChI=1S/C12H20N2OS/c1-9-4-10(14-15-9)6-13-11-5-12(2,3)8-16-7-11/h4,11,13H,5-8H2,1-3H3. The predicted octanol–water partition coefficient (Wildman–Crippen LogP) is 2.60. The summed E-state index contributed by atoms with van der Waals surface area (Å²) in [5, 5.41) is 7.56. The van der Waals surface area contributed by atoms with E-state index in [1.165, 1.54) is 17.9 Å². The molecule has 1 fully saturated rings. The summed E-state index contributed by atoms with van der Waals surface area (Å²) < 4.78 is 5.05. The van der Waals surface area contributed by atoms with Gasteiger partial charge in [-0.25, -0.2) is 0 Å². The van der Waals surface area contributed by atoms with Crippen molar-refractivity contribution in [3.05, 3.63) is 17.5 Å². The smallest absolute Gasteiger partial charge is 0.133 e. The van der Waals surface area contributed by atoms with Gasteiger partial charge >= 0.3 is 0 Å². The lowest BCUT2D eigenvalue weighted by Gasteiger charge is -2.35. The Kier molecular flexibility index (Phi) is 3.60. The monoisotopic (exact) mass is 240 g/mol. The largest absolute Gasteiger partial charge is 0.361 e. The highest BCUT2D eigenvalue weighted by Gasteiger charge is 2.28. The molecule has 0 spiro atoms. The van der Waals surface area contributed by atoms with Gasteiger partial charge in [-0.3, -0.25) is 0 Å². The highest BCUT2D eigenvalue weighted by atomic mass is 32.2. The van der Waals surface area contributed by atoms with Crippen LogP contribution in [0, 0.1) is 12.3 Å². The summed E-state index contributed by atoms with van der Waals surface area (Å²) in [7, 11) is 0. The van der Waals surface area contributed by atoms with Crippen molar-refractivity contribution < 1.29 is 4.52 Å². The lowest BCUT2D eigenvalue weighted by atomic mass is 9.88. The normalized spacial score (nSPS) is 24.6.